The fraction of sp³-hybridized carbons (Fsp3) is 0.938. The Bertz CT molecular complexity index is 299. The molecule has 1 saturated heterocycles. The van der Waals surface area contributed by atoms with Crippen molar-refractivity contribution in [3.05, 3.63) is 0 Å². The molecule has 20 heavy (non-hydrogen) atoms. The van der Waals surface area contributed by atoms with Crippen LogP contribution in [0.3, 0.4) is 0 Å². The quantitative estimate of drug-likeness (QED) is 0.555. The highest BCUT2D eigenvalue weighted by Gasteiger charge is 2.21. The molecule has 1 aliphatic heterocycles. The maximum Gasteiger partial charge on any atom is 0.191 e. The number of guanidine groups is 1. The summed E-state index contributed by atoms with van der Waals surface area (Å²) in [6.07, 6.45) is 8.19. The molecule has 0 bridgehead atoms. The normalized spacial score (nSPS) is 24.7. The summed E-state index contributed by atoms with van der Waals surface area (Å²) in [6, 6.07) is 0.802. The van der Waals surface area contributed by atoms with Gasteiger partial charge >= 0.3 is 0 Å². The topological polar surface area (TPSA) is 39.7 Å². The predicted molar refractivity (Wildman–Crippen MR) is 86.2 cm³/mol. The molecule has 4 heteroatoms. The fourth-order valence-corrected chi connectivity index (χ4v) is 3.00. The molecule has 2 rings (SSSR count). The number of likely N-dealkylation sites (tertiary alicyclic amines) is 1. The molecular weight excluding hydrogens is 248 g/mol. The number of piperidine rings is 1. The fourth-order valence-electron chi connectivity index (χ4n) is 3.00. The molecule has 4 nitrogen and oxygen atoms in total. The van der Waals surface area contributed by atoms with E-state index in [1.165, 1.54) is 45.1 Å². The lowest BCUT2D eigenvalue weighted by Crippen LogP contribution is -2.46. The van der Waals surface area contributed by atoms with E-state index < -0.39 is 0 Å². The molecule has 1 unspecified atom stereocenters. The Balaban J connectivity index is 1.69. The number of hydrogen-bond acceptors (Lipinski definition) is 2. The van der Waals surface area contributed by atoms with E-state index in [-0.39, 0.29) is 0 Å². The van der Waals surface area contributed by atoms with Crippen molar-refractivity contribution in [2.75, 3.05) is 32.7 Å². The third-order valence-corrected chi connectivity index (χ3v) is 4.46. The summed E-state index contributed by atoms with van der Waals surface area (Å²) in [5.74, 6) is 1.86. The molecule has 2 fully saturated rings. The molecule has 0 radical (unpaired) electrons. The highest BCUT2D eigenvalue weighted by molar-refractivity contribution is 5.79. The van der Waals surface area contributed by atoms with Gasteiger partial charge in [-0.2, -0.15) is 0 Å². The second kappa shape index (κ2) is 8.50. The van der Waals surface area contributed by atoms with Gasteiger partial charge in [0.05, 0.1) is 0 Å². The van der Waals surface area contributed by atoms with Gasteiger partial charge in [0.2, 0.25) is 0 Å². The van der Waals surface area contributed by atoms with E-state index in [0.29, 0.717) is 0 Å². The van der Waals surface area contributed by atoms with Crippen molar-refractivity contribution in [1.29, 1.82) is 0 Å². The van der Waals surface area contributed by atoms with Crippen molar-refractivity contribution in [3.8, 4) is 0 Å². The smallest absolute Gasteiger partial charge is 0.191 e. The highest BCUT2D eigenvalue weighted by Crippen LogP contribution is 2.28. The first kappa shape index (κ1) is 15.6. The van der Waals surface area contributed by atoms with Gasteiger partial charge in [0, 0.05) is 32.2 Å². The Labute approximate surface area is 124 Å². The van der Waals surface area contributed by atoms with Gasteiger partial charge in [-0.3, -0.25) is 9.89 Å². The van der Waals surface area contributed by atoms with Crippen molar-refractivity contribution in [3.63, 3.8) is 0 Å². The molecule has 2 N–H and O–H groups in total. The van der Waals surface area contributed by atoms with Crippen LogP contribution >= 0.6 is 0 Å². The van der Waals surface area contributed by atoms with Crippen LogP contribution in [0.25, 0.3) is 0 Å². The van der Waals surface area contributed by atoms with E-state index in [1.54, 1.807) is 0 Å². The molecule has 0 amide bonds. The van der Waals surface area contributed by atoms with Gasteiger partial charge in [0.25, 0.3) is 0 Å². The van der Waals surface area contributed by atoms with Crippen LogP contribution in [-0.4, -0.2) is 49.6 Å². The van der Waals surface area contributed by atoms with Crippen molar-refractivity contribution in [1.82, 2.24) is 15.5 Å². The zero-order valence-electron chi connectivity index (χ0n) is 13.3. The molecule has 1 heterocycles. The Morgan fingerprint density at radius 2 is 2.00 bits per heavy atom. The summed E-state index contributed by atoms with van der Waals surface area (Å²) in [4.78, 5) is 7.33. The monoisotopic (exact) mass is 280 g/mol. The second-order valence-electron chi connectivity index (χ2n) is 6.18. The lowest BCUT2D eigenvalue weighted by molar-refractivity contribution is 0.147. The molecule has 1 aliphatic carbocycles. The Kier molecular flexibility index (Phi) is 6.64. The van der Waals surface area contributed by atoms with E-state index in [4.69, 9.17) is 0 Å². The number of nitrogens with one attached hydrogen (secondary N) is 2. The van der Waals surface area contributed by atoms with E-state index in [0.717, 1.165) is 44.1 Å². The third kappa shape index (κ3) is 5.31. The average Bonchev–Trinajstić information content (AvgIpc) is 3.29. The number of aliphatic imine (C=N–C) groups is 1. The zero-order chi connectivity index (χ0) is 14.2. The van der Waals surface area contributed by atoms with E-state index in [2.05, 4.69) is 34.4 Å². The molecular formula is C16H32N4. The number of rotatable bonds is 7. The van der Waals surface area contributed by atoms with Crippen LogP contribution in [0.2, 0.25) is 0 Å². The van der Waals surface area contributed by atoms with Gasteiger partial charge in [-0.25, -0.2) is 0 Å². The van der Waals surface area contributed by atoms with Gasteiger partial charge < -0.3 is 10.6 Å². The first-order valence-electron chi connectivity index (χ1n) is 8.59. The molecule has 0 spiro atoms. The van der Waals surface area contributed by atoms with Crippen molar-refractivity contribution >= 4 is 5.96 Å². The lowest BCUT2D eigenvalue weighted by Gasteiger charge is -2.35. The van der Waals surface area contributed by atoms with Gasteiger partial charge in [-0.05, 0) is 51.5 Å². The van der Waals surface area contributed by atoms with E-state index in [9.17, 15) is 0 Å². The van der Waals surface area contributed by atoms with E-state index >= 15 is 0 Å². The number of hydrogen-bond donors (Lipinski definition) is 2. The minimum atomic E-state index is 0.802. The van der Waals surface area contributed by atoms with Crippen LogP contribution in [0.4, 0.5) is 0 Å². The molecule has 116 valence electrons. The maximum absolute atomic E-state index is 4.67. The second-order valence-corrected chi connectivity index (χ2v) is 6.18. The largest absolute Gasteiger partial charge is 0.357 e. The average molecular weight is 280 g/mol. The predicted octanol–water partition coefficient (Wildman–Crippen LogP) is 2.22. The maximum atomic E-state index is 4.67. The van der Waals surface area contributed by atoms with Gasteiger partial charge in [0.15, 0.2) is 5.96 Å². The summed E-state index contributed by atoms with van der Waals surface area (Å²) in [6.45, 7) is 9.81. The van der Waals surface area contributed by atoms with Crippen LogP contribution in [-0.2, 0) is 0 Å². The first-order chi connectivity index (χ1) is 9.83. The summed E-state index contributed by atoms with van der Waals surface area (Å²) in [7, 11) is 0. The van der Waals surface area contributed by atoms with Crippen LogP contribution < -0.4 is 10.6 Å². The number of nitrogens with zero attached hydrogens (tertiary/aromatic N) is 2. The Hall–Kier alpha value is -0.770. The van der Waals surface area contributed by atoms with Crippen LogP contribution in [0.15, 0.2) is 4.99 Å². The minimum Gasteiger partial charge on any atom is -0.357 e. The van der Waals surface area contributed by atoms with Crippen LogP contribution in [0.5, 0.6) is 0 Å². The lowest BCUT2D eigenvalue weighted by atomic mass is 10.0. The standard InChI is InChI=1S/C16H32N4/c1-3-15-7-5-6-11-20(15)12-10-18-16(17-4-2)19-13-14-8-9-14/h14-15H,3-13H2,1-2H3,(H2,17,18,19). The summed E-state index contributed by atoms with van der Waals surface area (Å²) in [5, 5.41) is 6.84. The SMILES string of the molecule is CCNC(=NCC1CC1)NCCN1CCCCC1CC. The molecule has 2 aliphatic rings. The molecule has 0 aromatic carbocycles. The van der Waals surface area contributed by atoms with Crippen molar-refractivity contribution in [2.24, 2.45) is 10.9 Å². The summed E-state index contributed by atoms with van der Waals surface area (Å²) >= 11 is 0. The van der Waals surface area contributed by atoms with Gasteiger partial charge in [-0.1, -0.05) is 13.3 Å². The Morgan fingerprint density at radius 1 is 1.15 bits per heavy atom. The van der Waals surface area contributed by atoms with Crippen molar-refractivity contribution in [2.45, 2.75) is 58.4 Å². The highest BCUT2D eigenvalue weighted by atomic mass is 15.2. The zero-order valence-corrected chi connectivity index (χ0v) is 13.3. The van der Waals surface area contributed by atoms with Crippen molar-refractivity contribution < 1.29 is 0 Å². The summed E-state index contributed by atoms with van der Waals surface area (Å²) in [5.41, 5.74) is 0. The molecule has 1 atom stereocenters. The van der Waals surface area contributed by atoms with Crippen LogP contribution in [0, 0.1) is 5.92 Å². The van der Waals surface area contributed by atoms with E-state index in [1.807, 2.05) is 0 Å². The summed E-state index contributed by atoms with van der Waals surface area (Å²) < 4.78 is 0. The Morgan fingerprint density at radius 3 is 2.70 bits per heavy atom. The van der Waals surface area contributed by atoms with Crippen LogP contribution in [0.1, 0.15) is 52.4 Å². The molecule has 1 saturated carbocycles. The third-order valence-electron chi connectivity index (χ3n) is 4.46. The first-order valence-corrected chi connectivity index (χ1v) is 8.59. The minimum absolute atomic E-state index is 0.802. The molecule has 0 aromatic heterocycles. The van der Waals surface area contributed by atoms with Gasteiger partial charge in [-0.15, -0.1) is 0 Å². The molecule has 0 aromatic rings. The van der Waals surface area contributed by atoms with Gasteiger partial charge in [0.1, 0.15) is 0 Å².